The van der Waals surface area contributed by atoms with Crippen molar-refractivity contribution in [2.45, 2.75) is 53.4 Å². The lowest BCUT2D eigenvalue weighted by Gasteiger charge is -2.25. The first-order valence-corrected chi connectivity index (χ1v) is 8.37. The third-order valence-electron chi connectivity index (χ3n) is 3.46. The van der Waals surface area contributed by atoms with Crippen LogP contribution < -0.4 is 5.32 Å². The van der Waals surface area contributed by atoms with Crippen molar-refractivity contribution in [3.63, 3.8) is 0 Å². The molecule has 0 rings (SSSR count). The molecule has 0 saturated carbocycles. The summed E-state index contributed by atoms with van der Waals surface area (Å²) in [7, 11) is 1.93. The van der Waals surface area contributed by atoms with Crippen LogP contribution in [0.1, 0.15) is 53.4 Å². The van der Waals surface area contributed by atoms with Crippen LogP contribution in [0.2, 0.25) is 0 Å². The second-order valence-electron chi connectivity index (χ2n) is 5.22. The van der Waals surface area contributed by atoms with E-state index in [1.807, 2.05) is 37.6 Å². The fourth-order valence-corrected chi connectivity index (χ4v) is 2.15. The van der Waals surface area contributed by atoms with Gasteiger partial charge in [0.15, 0.2) is 5.96 Å². The smallest absolute Gasteiger partial charge is 0.242 e. The average Bonchev–Trinajstić information content (AvgIpc) is 2.47. The van der Waals surface area contributed by atoms with Gasteiger partial charge in [0.25, 0.3) is 0 Å². The van der Waals surface area contributed by atoms with E-state index in [4.69, 9.17) is 0 Å². The Morgan fingerprint density at radius 3 is 2.18 bits per heavy atom. The zero-order valence-electron chi connectivity index (χ0n) is 15.0. The predicted molar refractivity (Wildman–Crippen MR) is 106 cm³/mol. The standard InChI is InChI=1S/C16H34N4O.HI/c1-6-10-11-12-13-18-16(17-7-2)19(5)14-15(21)20(8-3)9-4;/h6-14H2,1-5H3,(H,17,18);1H. The summed E-state index contributed by atoms with van der Waals surface area (Å²) in [5.74, 6) is 0.980. The molecule has 6 heteroatoms. The van der Waals surface area contributed by atoms with E-state index in [0.717, 1.165) is 38.6 Å². The Morgan fingerprint density at radius 2 is 1.68 bits per heavy atom. The first-order valence-electron chi connectivity index (χ1n) is 8.37. The molecule has 0 aliphatic heterocycles. The van der Waals surface area contributed by atoms with Gasteiger partial charge in [-0.25, -0.2) is 0 Å². The molecule has 1 N–H and O–H groups in total. The number of halogens is 1. The number of hydrogen-bond donors (Lipinski definition) is 1. The predicted octanol–water partition coefficient (Wildman–Crippen LogP) is 2.95. The van der Waals surface area contributed by atoms with E-state index in [2.05, 4.69) is 17.2 Å². The maximum Gasteiger partial charge on any atom is 0.242 e. The second-order valence-corrected chi connectivity index (χ2v) is 5.22. The third kappa shape index (κ3) is 10.2. The number of amides is 1. The van der Waals surface area contributed by atoms with E-state index < -0.39 is 0 Å². The Balaban J connectivity index is 0. The molecular formula is C16H35IN4O. The molecule has 0 fully saturated rings. The van der Waals surface area contributed by atoms with Gasteiger partial charge >= 0.3 is 0 Å². The largest absolute Gasteiger partial charge is 0.357 e. The lowest BCUT2D eigenvalue weighted by molar-refractivity contribution is -0.131. The number of likely N-dealkylation sites (N-methyl/N-ethyl adjacent to an activating group) is 2. The number of aliphatic imine (C=N–C) groups is 1. The first-order chi connectivity index (χ1) is 10.1. The number of guanidine groups is 1. The molecule has 0 atom stereocenters. The molecule has 0 aromatic heterocycles. The minimum atomic E-state index is 0. The summed E-state index contributed by atoms with van der Waals surface area (Å²) in [4.78, 5) is 20.5. The molecule has 0 spiro atoms. The summed E-state index contributed by atoms with van der Waals surface area (Å²) in [6.45, 7) is 11.8. The maximum atomic E-state index is 12.1. The molecular weight excluding hydrogens is 391 g/mol. The summed E-state index contributed by atoms with van der Waals surface area (Å²) in [5, 5.41) is 3.26. The zero-order chi connectivity index (χ0) is 16.1. The number of nitrogens with zero attached hydrogens (tertiary/aromatic N) is 3. The zero-order valence-corrected chi connectivity index (χ0v) is 17.4. The van der Waals surface area contributed by atoms with Crippen molar-refractivity contribution in [1.82, 2.24) is 15.1 Å². The Bertz CT molecular complexity index is 307. The van der Waals surface area contributed by atoms with Crippen LogP contribution in [-0.2, 0) is 4.79 Å². The van der Waals surface area contributed by atoms with Crippen molar-refractivity contribution >= 4 is 35.8 Å². The minimum absolute atomic E-state index is 0. The van der Waals surface area contributed by atoms with Gasteiger partial charge in [-0.2, -0.15) is 0 Å². The van der Waals surface area contributed by atoms with Gasteiger partial charge in [0.1, 0.15) is 0 Å². The molecule has 0 radical (unpaired) electrons. The monoisotopic (exact) mass is 426 g/mol. The summed E-state index contributed by atoms with van der Waals surface area (Å²) in [5.41, 5.74) is 0. The van der Waals surface area contributed by atoms with Crippen molar-refractivity contribution in [2.24, 2.45) is 4.99 Å². The molecule has 0 aromatic carbocycles. The third-order valence-corrected chi connectivity index (χ3v) is 3.46. The Labute approximate surface area is 153 Å². The minimum Gasteiger partial charge on any atom is -0.357 e. The van der Waals surface area contributed by atoms with Crippen LogP contribution in [0.3, 0.4) is 0 Å². The highest BCUT2D eigenvalue weighted by molar-refractivity contribution is 14.0. The molecule has 22 heavy (non-hydrogen) atoms. The molecule has 0 aliphatic carbocycles. The van der Waals surface area contributed by atoms with E-state index >= 15 is 0 Å². The maximum absolute atomic E-state index is 12.1. The summed E-state index contributed by atoms with van der Waals surface area (Å²) in [6.07, 6.45) is 4.84. The summed E-state index contributed by atoms with van der Waals surface area (Å²) in [6, 6.07) is 0. The van der Waals surface area contributed by atoms with Crippen LogP contribution >= 0.6 is 24.0 Å². The quantitative estimate of drug-likeness (QED) is 0.253. The lowest BCUT2D eigenvalue weighted by Crippen LogP contribution is -2.45. The molecule has 5 nitrogen and oxygen atoms in total. The lowest BCUT2D eigenvalue weighted by atomic mass is 10.2. The Kier molecular flexibility index (Phi) is 16.6. The van der Waals surface area contributed by atoms with Gasteiger partial charge in [0, 0.05) is 33.2 Å². The average molecular weight is 426 g/mol. The Hall–Kier alpha value is -0.530. The molecule has 0 heterocycles. The van der Waals surface area contributed by atoms with Gasteiger partial charge < -0.3 is 15.1 Å². The first kappa shape index (κ1) is 23.7. The van der Waals surface area contributed by atoms with Crippen LogP contribution in [0.15, 0.2) is 4.99 Å². The van der Waals surface area contributed by atoms with Crippen LogP contribution in [0.5, 0.6) is 0 Å². The molecule has 1 amide bonds. The highest BCUT2D eigenvalue weighted by Crippen LogP contribution is 2.00. The SMILES string of the molecule is CCCCCCN=C(NCC)N(C)CC(=O)N(CC)CC.I. The van der Waals surface area contributed by atoms with E-state index in [9.17, 15) is 4.79 Å². The summed E-state index contributed by atoms with van der Waals surface area (Å²) < 4.78 is 0. The number of rotatable bonds is 10. The van der Waals surface area contributed by atoms with Gasteiger partial charge in [-0.15, -0.1) is 24.0 Å². The van der Waals surface area contributed by atoms with Gasteiger partial charge in [-0.1, -0.05) is 26.2 Å². The van der Waals surface area contributed by atoms with Crippen LogP contribution in [-0.4, -0.2) is 61.4 Å². The molecule has 132 valence electrons. The van der Waals surface area contributed by atoms with Crippen molar-refractivity contribution in [1.29, 1.82) is 0 Å². The van der Waals surface area contributed by atoms with Crippen LogP contribution in [0, 0.1) is 0 Å². The van der Waals surface area contributed by atoms with Gasteiger partial charge in [0.2, 0.25) is 5.91 Å². The van der Waals surface area contributed by atoms with Crippen LogP contribution in [0.25, 0.3) is 0 Å². The number of unbranched alkanes of at least 4 members (excludes halogenated alkanes) is 3. The number of nitrogens with one attached hydrogen (secondary N) is 1. The van der Waals surface area contributed by atoms with E-state index in [0.29, 0.717) is 6.54 Å². The second kappa shape index (κ2) is 15.4. The number of carbonyl (C=O) groups excluding carboxylic acids is 1. The van der Waals surface area contributed by atoms with Gasteiger partial charge in [-0.05, 0) is 27.2 Å². The van der Waals surface area contributed by atoms with E-state index in [1.165, 1.54) is 19.3 Å². The highest BCUT2D eigenvalue weighted by atomic mass is 127. The fraction of sp³-hybridized carbons (Fsp3) is 0.875. The number of carbonyl (C=O) groups is 1. The van der Waals surface area contributed by atoms with Gasteiger partial charge in [-0.3, -0.25) is 9.79 Å². The van der Waals surface area contributed by atoms with Crippen molar-refractivity contribution in [3.05, 3.63) is 0 Å². The van der Waals surface area contributed by atoms with Crippen molar-refractivity contribution < 1.29 is 4.79 Å². The normalized spacial score (nSPS) is 10.9. The van der Waals surface area contributed by atoms with Crippen molar-refractivity contribution in [3.8, 4) is 0 Å². The number of hydrogen-bond acceptors (Lipinski definition) is 2. The molecule has 0 aliphatic rings. The molecule has 0 unspecified atom stereocenters. The fourth-order valence-electron chi connectivity index (χ4n) is 2.15. The van der Waals surface area contributed by atoms with Crippen LogP contribution in [0.4, 0.5) is 0 Å². The molecule has 0 saturated heterocycles. The molecule has 0 aromatic rings. The molecule has 0 bridgehead atoms. The van der Waals surface area contributed by atoms with Gasteiger partial charge in [0.05, 0.1) is 6.54 Å². The van der Waals surface area contributed by atoms with Crippen molar-refractivity contribution in [2.75, 3.05) is 39.8 Å². The summed E-state index contributed by atoms with van der Waals surface area (Å²) >= 11 is 0. The van der Waals surface area contributed by atoms with E-state index in [1.54, 1.807) is 0 Å². The Morgan fingerprint density at radius 1 is 1.05 bits per heavy atom. The van der Waals surface area contributed by atoms with E-state index in [-0.39, 0.29) is 29.9 Å². The highest BCUT2D eigenvalue weighted by Gasteiger charge is 2.14. The topological polar surface area (TPSA) is 47.9 Å².